The van der Waals surface area contributed by atoms with Crippen LogP contribution < -0.4 is 0 Å². The zero-order valence-electron chi connectivity index (χ0n) is 13.3. The highest BCUT2D eigenvalue weighted by molar-refractivity contribution is 5.58. The van der Waals surface area contributed by atoms with E-state index in [0.29, 0.717) is 12.0 Å². The van der Waals surface area contributed by atoms with Gasteiger partial charge in [0.05, 0.1) is 5.69 Å². The van der Waals surface area contributed by atoms with Crippen molar-refractivity contribution in [2.24, 2.45) is 5.41 Å². The SMILES string of the molecule is [2H]C([2H])(CC(C)(C)C)c1ccc(-c2ccccc2)nc1. The van der Waals surface area contributed by atoms with E-state index < -0.39 is 6.37 Å². The van der Waals surface area contributed by atoms with Crippen LogP contribution in [0.2, 0.25) is 0 Å². The predicted octanol–water partition coefficient (Wildman–Crippen LogP) is 4.73. The molecule has 0 aliphatic carbocycles. The molecule has 18 heavy (non-hydrogen) atoms. The largest absolute Gasteiger partial charge is 0.256 e. The Morgan fingerprint density at radius 1 is 1.06 bits per heavy atom. The van der Waals surface area contributed by atoms with Gasteiger partial charge >= 0.3 is 0 Å². The van der Waals surface area contributed by atoms with Crippen molar-refractivity contribution in [1.82, 2.24) is 4.98 Å². The number of aromatic nitrogens is 1. The van der Waals surface area contributed by atoms with E-state index >= 15 is 0 Å². The van der Waals surface area contributed by atoms with E-state index in [2.05, 4.69) is 25.8 Å². The predicted molar refractivity (Wildman–Crippen MR) is 77.4 cm³/mol. The van der Waals surface area contributed by atoms with Gasteiger partial charge in [0.2, 0.25) is 0 Å². The summed E-state index contributed by atoms with van der Waals surface area (Å²) in [5.41, 5.74) is 2.52. The number of pyridine rings is 1. The minimum absolute atomic E-state index is 0.0540. The smallest absolute Gasteiger partial charge is 0.0702 e. The van der Waals surface area contributed by atoms with Crippen LogP contribution in [-0.2, 0) is 6.37 Å². The maximum Gasteiger partial charge on any atom is 0.0702 e. The molecule has 0 bridgehead atoms. The first kappa shape index (κ1) is 10.3. The van der Waals surface area contributed by atoms with Crippen LogP contribution in [0.1, 0.15) is 35.5 Å². The van der Waals surface area contributed by atoms with Gasteiger partial charge in [0, 0.05) is 14.5 Å². The normalized spacial score (nSPS) is 13.9. The Hall–Kier alpha value is -1.63. The molecule has 0 saturated carbocycles. The molecule has 0 atom stereocenters. The first-order valence-electron chi connectivity index (χ1n) is 7.30. The van der Waals surface area contributed by atoms with Crippen molar-refractivity contribution < 1.29 is 2.74 Å². The molecular weight excluding hydrogens is 218 g/mol. The van der Waals surface area contributed by atoms with Crippen LogP contribution >= 0.6 is 0 Å². The molecule has 0 radical (unpaired) electrons. The van der Waals surface area contributed by atoms with Crippen molar-refractivity contribution in [1.29, 1.82) is 0 Å². The van der Waals surface area contributed by atoms with Crippen LogP contribution in [0.5, 0.6) is 0 Å². The van der Waals surface area contributed by atoms with Crippen molar-refractivity contribution in [2.45, 2.75) is 33.6 Å². The summed E-state index contributed by atoms with van der Waals surface area (Å²) in [5.74, 6) is 0. The Balaban J connectivity index is 2.24. The van der Waals surface area contributed by atoms with Gasteiger partial charge in [-0.25, -0.2) is 0 Å². The Labute approximate surface area is 113 Å². The topological polar surface area (TPSA) is 12.9 Å². The van der Waals surface area contributed by atoms with E-state index in [1.807, 2.05) is 42.5 Å². The summed E-state index contributed by atoms with van der Waals surface area (Å²) in [5, 5.41) is 0. The van der Waals surface area contributed by atoms with Crippen LogP contribution in [0.4, 0.5) is 0 Å². The van der Waals surface area contributed by atoms with Crippen molar-refractivity contribution >= 4 is 0 Å². The molecule has 1 heterocycles. The monoisotopic (exact) mass is 241 g/mol. The Bertz CT molecular complexity index is 554. The van der Waals surface area contributed by atoms with E-state index in [1.165, 1.54) is 0 Å². The third kappa shape index (κ3) is 3.69. The van der Waals surface area contributed by atoms with Crippen molar-refractivity contribution in [2.75, 3.05) is 0 Å². The molecule has 0 fully saturated rings. The molecule has 0 aliphatic rings. The first-order chi connectivity index (χ1) is 9.28. The van der Waals surface area contributed by atoms with Crippen molar-refractivity contribution in [3.63, 3.8) is 0 Å². The van der Waals surface area contributed by atoms with Gasteiger partial charge in [-0.2, -0.15) is 0 Å². The highest BCUT2D eigenvalue weighted by Gasteiger charge is 2.10. The molecule has 1 heteroatoms. The lowest BCUT2D eigenvalue weighted by Crippen LogP contribution is -2.06. The van der Waals surface area contributed by atoms with Gasteiger partial charge in [-0.05, 0) is 29.8 Å². The second kappa shape index (κ2) is 5.34. The zero-order valence-corrected chi connectivity index (χ0v) is 11.3. The van der Waals surface area contributed by atoms with E-state index in [1.54, 1.807) is 6.20 Å². The summed E-state index contributed by atoms with van der Waals surface area (Å²) < 4.78 is 16.4. The molecule has 0 unspecified atom stereocenters. The number of hydrogen-bond acceptors (Lipinski definition) is 1. The standard InChI is InChI=1S/C17H21N/c1-17(2,3)12-11-14-9-10-16(18-13-14)15-7-5-4-6-8-15/h4-10,13H,11-12H2,1-3H3/i11D2. The third-order valence-corrected chi connectivity index (χ3v) is 2.66. The molecule has 1 nitrogen and oxygen atoms in total. The van der Waals surface area contributed by atoms with Gasteiger partial charge in [-0.3, -0.25) is 4.98 Å². The lowest BCUT2D eigenvalue weighted by atomic mass is 9.89. The number of nitrogens with zero attached hydrogens (tertiary/aromatic N) is 1. The van der Waals surface area contributed by atoms with Crippen LogP contribution in [0, 0.1) is 5.41 Å². The number of benzene rings is 1. The molecule has 0 amide bonds. The summed E-state index contributed by atoms with van der Waals surface area (Å²) in [4.78, 5) is 4.41. The van der Waals surface area contributed by atoms with E-state index in [-0.39, 0.29) is 5.41 Å². The molecule has 1 aromatic carbocycles. The van der Waals surface area contributed by atoms with Gasteiger partial charge < -0.3 is 0 Å². The fourth-order valence-corrected chi connectivity index (χ4v) is 1.65. The third-order valence-electron chi connectivity index (χ3n) is 2.66. The Morgan fingerprint density at radius 2 is 1.78 bits per heavy atom. The van der Waals surface area contributed by atoms with Crippen LogP contribution in [-0.4, -0.2) is 4.98 Å². The van der Waals surface area contributed by atoms with Crippen LogP contribution in [0.15, 0.2) is 48.7 Å². The highest BCUT2D eigenvalue weighted by atomic mass is 14.7. The van der Waals surface area contributed by atoms with Crippen LogP contribution in [0.25, 0.3) is 11.3 Å². The van der Waals surface area contributed by atoms with Gasteiger partial charge in [-0.1, -0.05) is 57.2 Å². The fourth-order valence-electron chi connectivity index (χ4n) is 1.65. The van der Waals surface area contributed by atoms with Crippen LogP contribution in [0.3, 0.4) is 0 Å². The molecule has 2 rings (SSSR count). The number of aryl methyl sites for hydroxylation is 1. The van der Waals surface area contributed by atoms with Gasteiger partial charge in [0.1, 0.15) is 0 Å². The quantitative estimate of drug-likeness (QED) is 0.757. The number of hydrogen-bond donors (Lipinski definition) is 0. The summed E-state index contributed by atoms with van der Waals surface area (Å²) in [6.45, 7) is 6.16. The molecule has 0 N–H and O–H groups in total. The van der Waals surface area contributed by atoms with Gasteiger partial charge in [0.15, 0.2) is 0 Å². The minimum Gasteiger partial charge on any atom is -0.256 e. The average Bonchev–Trinajstić information content (AvgIpc) is 2.37. The zero-order chi connectivity index (χ0) is 14.8. The minimum atomic E-state index is -1.35. The molecule has 0 aliphatic heterocycles. The highest BCUT2D eigenvalue weighted by Crippen LogP contribution is 2.22. The average molecular weight is 241 g/mol. The summed E-state index contributed by atoms with van der Waals surface area (Å²) >= 11 is 0. The molecule has 2 aromatic rings. The second-order valence-electron chi connectivity index (χ2n) is 5.71. The van der Waals surface area contributed by atoms with E-state index in [4.69, 9.17) is 2.74 Å². The molecule has 1 aromatic heterocycles. The molecule has 0 spiro atoms. The Morgan fingerprint density at radius 3 is 2.33 bits per heavy atom. The van der Waals surface area contributed by atoms with Crippen molar-refractivity contribution in [3.05, 3.63) is 54.2 Å². The lowest BCUT2D eigenvalue weighted by molar-refractivity contribution is 0.378. The lowest BCUT2D eigenvalue weighted by Gasteiger charge is -2.17. The summed E-state index contributed by atoms with van der Waals surface area (Å²) in [6.07, 6.45) is 0.793. The number of rotatable bonds is 3. The molecule has 94 valence electrons. The maximum atomic E-state index is 8.22. The van der Waals surface area contributed by atoms with E-state index in [9.17, 15) is 0 Å². The molecule has 0 saturated heterocycles. The first-order valence-corrected chi connectivity index (χ1v) is 6.30. The van der Waals surface area contributed by atoms with Gasteiger partial charge in [-0.15, -0.1) is 0 Å². The van der Waals surface area contributed by atoms with Gasteiger partial charge in [0.25, 0.3) is 0 Å². The van der Waals surface area contributed by atoms with Crippen molar-refractivity contribution in [3.8, 4) is 11.3 Å². The Kier molecular flexibility index (Phi) is 3.06. The maximum absolute atomic E-state index is 8.22. The summed E-state index contributed by atoms with van der Waals surface area (Å²) in [6, 6.07) is 13.7. The summed E-state index contributed by atoms with van der Waals surface area (Å²) in [7, 11) is 0. The molecular formula is C17H21N. The fraction of sp³-hybridized carbons (Fsp3) is 0.353. The second-order valence-corrected chi connectivity index (χ2v) is 5.71. The van der Waals surface area contributed by atoms with E-state index in [0.717, 1.165) is 11.3 Å².